The number of nitrogens with one attached hydrogen (secondary N) is 1. The van der Waals surface area contributed by atoms with Gasteiger partial charge in [0.1, 0.15) is 5.75 Å². The Hall–Kier alpha value is -3.58. The number of methoxy groups -OCH3 is 1. The summed E-state index contributed by atoms with van der Waals surface area (Å²) >= 11 is 1.61. The third-order valence-corrected chi connectivity index (χ3v) is 6.65. The number of ether oxygens (including phenoxy) is 1. The zero-order valence-electron chi connectivity index (χ0n) is 20.1. The Morgan fingerprint density at radius 2 is 1.71 bits per heavy atom. The molecule has 1 heterocycles. The van der Waals surface area contributed by atoms with Crippen LogP contribution in [0.3, 0.4) is 0 Å². The maximum atomic E-state index is 12.2. The van der Waals surface area contributed by atoms with Crippen molar-refractivity contribution < 1.29 is 9.53 Å². The van der Waals surface area contributed by atoms with E-state index < -0.39 is 0 Å². The van der Waals surface area contributed by atoms with E-state index in [0.717, 1.165) is 46.6 Å². The highest BCUT2D eigenvalue weighted by Gasteiger charge is 2.16. The number of aromatic nitrogens is 3. The van der Waals surface area contributed by atoms with Crippen molar-refractivity contribution in [1.82, 2.24) is 20.1 Å². The van der Waals surface area contributed by atoms with E-state index in [2.05, 4.69) is 63.4 Å². The second kappa shape index (κ2) is 12.2. The topological polar surface area (TPSA) is 69.0 Å². The van der Waals surface area contributed by atoms with Gasteiger partial charge in [0.2, 0.25) is 5.91 Å². The average Bonchev–Trinajstić information content (AvgIpc) is 3.31. The normalized spacial score (nSPS) is 10.8. The fraction of sp³-hybridized carbons (Fsp3) is 0.250. The first-order chi connectivity index (χ1) is 17.1. The van der Waals surface area contributed by atoms with E-state index in [1.165, 1.54) is 11.1 Å². The fourth-order valence-corrected chi connectivity index (χ4v) is 4.58. The minimum Gasteiger partial charge on any atom is -0.497 e. The third-order valence-electron chi connectivity index (χ3n) is 5.63. The average molecular weight is 487 g/mol. The van der Waals surface area contributed by atoms with E-state index in [0.29, 0.717) is 13.0 Å². The molecule has 3 aromatic carbocycles. The Morgan fingerprint density at radius 3 is 2.43 bits per heavy atom. The van der Waals surface area contributed by atoms with Crippen LogP contribution >= 0.6 is 11.8 Å². The molecule has 0 aliphatic heterocycles. The summed E-state index contributed by atoms with van der Waals surface area (Å²) in [6.07, 6.45) is 2.09. The molecule has 1 aromatic heterocycles. The summed E-state index contributed by atoms with van der Waals surface area (Å²) in [4.78, 5) is 12.2. The number of aryl methyl sites for hydroxylation is 1. The molecule has 1 amide bonds. The third kappa shape index (κ3) is 6.73. The molecule has 0 aliphatic rings. The molecule has 4 rings (SSSR count). The Labute approximate surface area is 210 Å². The summed E-state index contributed by atoms with van der Waals surface area (Å²) in [6.45, 7) is 2.72. The van der Waals surface area contributed by atoms with Gasteiger partial charge in [0.25, 0.3) is 0 Å². The van der Waals surface area contributed by atoms with Crippen LogP contribution < -0.4 is 10.1 Å². The Kier molecular flexibility index (Phi) is 8.57. The number of amides is 1. The summed E-state index contributed by atoms with van der Waals surface area (Å²) in [5.74, 6) is 2.44. The van der Waals surface area contributed by atoms with Gasteiger partial charge in [-0.15, -0.1) is 10.2 Å². The van der Waals surface area contributed by atoms with Crippen LogP contribution in [0.1, 0.15) is 24.0 Å². The van der Waals surface area contributed by atoms with Gasteiger partial charge in [-0.25, -0.2) is 0 Å². The zero-order chi connectivity index (χ0) is 24.5. The van der Waals surface area contributed by atoms with Crippen LogP contribution in [0.4, 0.5) is 0 Å². The molecule has 0 saturated carbocycles. The van der Waals surface area contributed by atoms with Crippen LogP contribution in [0, 0.1) is 6.92 Å². The number of hydrogen-bond acceptors (Lipinski definition) is 5. The first kappa shape index (κ1) is 24.5. The molecule has 1 N–H and O–H groups in total. The molecule has 0 radical (unpaired) electrons. The number of rotatable bonds is 11. The van der Waals surface area contributed by atoms with Crippen molar-refractivity contribution in [2.45, 2.75) is 31.3 Å². The lowest BCUT2D eigenvalue weighted by molar-refractivity contribution is -0.121. The van der Waals surface area contributed by atoms with Crippen LogP contribution in [-0.2, 0) is 11.2 Å². The number of thioether (sulfide) groups is 1. The molecular formula is C28H30N4O2S. The van der Waals surface area contributed by atoms with E-state index in [4.69, 9.17) is 4.74 Å². The largest absolute Gasteiger partial charge is 0.497 e. The highest BCUT2D eigenvalue weighted by atomic mass is 32.2. The van der Waals surface area contributed by atoms with Crippen LogP contribution in [-0.4, -0.2) is 40.1 Å². The van der Waals surface area contributed by atoms with Gasteiger partial charge >= 0.3 is 0 Å². The Bertz CT molecular complexity index is 1220. The minimum atomic E-state index is 0.0819. The van der Waals surface area contributed by atoms with Crippen molar-refractivity contribution in [2.24, 2.45) is 0 Å². The lowest BCUT2D eigenvalue weighted by Crippen LogP contribution is -2.25. The molecule has 0 spiro atoms. The van der Waals surface area contributed by atoms with E-state index >= 15 is 0 Å². The van der Waals surface area contributed by atoms with Gasteiger partial charge in [0.15, 0.2) is 11.0 Å². The second-order valence-electron chi connectivity index (χ2n) is 8.24. The SMILES string of the molecule is COc1ccc(-n2c(SCCCC(=O)NCCc3ccccc3)nnc2-c2ccc(C)cc2)cc1. The van der Waals surface area contributed by atoms with Gasteiger partial charge in [-0.05, 0) is 49.6 Å². The lowest BCUT2D eigenvalue weighted by Gasteiger charge is -2.11. The summed E-state index contributed by atoms with van der Waals surface area (Å²) in [5.41, 5.74) is 4.39. The van der Waals surface area contributed by atoms with E-state index in [9.17, 15) is 4.79 Å². The number of hydrogen-bond donors (Lipinski definition) is 1. The molecule has 7 heteroatoms. The predicted octanol–water partition coefficient (Wildman–Crippen LogP) is 5.48. The standard InChI is InChI=1S/C28H30N4O2S/c1-21-10-12-23(13-11-21)27-30-31-28(32(27)24-14-16-25(34-2)17-15-24)35-20-6-9-26(33)29-19-18-22-7-4-3-5-8-22/h3-5,7-8,10-17H,6,9,18-20H2,1-2H3,(H,29,33). The number of nitrogens with zero attached hydrogens (tertiary/aromatic N) is 3. The lowest BCUT2D eigenvalue weighted by atomic mass is 10.1. The van der Waals surface area contributed by atoms with Gasteiger partial charge in [-0.1, -0.05) is 71.9 Å². The molecule has 180 valence electrons. The van der Waals surface area contributed by atoms with Gasteiger partial charge in [0, 0.05) is 30.0 Å². The minimum absolute atomic E-state index is 0.0819. The molecule has 0 saturated heterocycles. The predicted molar refractivity (Wildman–Crippen MR) is 141 cm³/mol. The zero-order valence-corrected chi connectivity index (χ0v) is 20.9. The van der Waals surface area contributed by atoms with Crippen molar-refractivity contribution in [3.05, 3.63) is 90.0 Å². The van der Waals surface area contributed by atoms with Gasteiger partial charge in [-0.2, -0.15) is 0 Å². The molecule has 0 bridgehead atoms. The van der Waals surface area contributed by atoms with Crippen LogP contribution in [0.2, 0.25) is 0 Å². The molecule has 4 aromatic rings. The van der Waals surface area contributed by atoms with Crippen LogP contribution in [0.25, 0.3) is 17.1 Å². The second-order valence-corrected chi connectivity index (χ2v) is 9.31. The molecule has 35 heavy (non-hydrogen) atoms. The number of carbonyl (C=O) groups is 1. The fourth-order valence-electron chi connectivity index (χ4n) is 3.69. The van der Waals surface area contributed by atoms with Gasteiger partial charge in [0.05, 0.1) is 7.11 Å². The summed E-state index contributed by atoms with van der Waals surface area (Å²) in [7, 11) is 1.66. The van der Waals surface area contributed by atoms with Crippen molar-refractivity contribution in [2.75, 3.05) is 19.4 Å². The van der Waals surface area contributed by atoms with E-state index in [1.807, 2.05) is 42.5 Å². The van der Waals surface area contributed by atoms with Crippen LogP contribution in [0.15, 0.2) is 84.0 Å². The molecule has 0 unspecified atom stereocenters. The van der Waals surface area contributed by atoms with E-state index in [1.54, 1.807) is 18.9 Å². The molecule has 0 aliphatic carbocycles. The quantitative estimate of drug-likeness (QED) is 0.224. The van der Waals surface area contributed by atoms with E-state index in [-0.39, 0.29) is 5.91 Å². The van der Waals surface area contributed by atoms with Crippen LogP contribution in [0.5, 0.6) is 5.75 Å². The van der Waals surface area contributed by atoms with Crippen molar-refractivity contribution in [3.63, 3.8) is 0 Å². The Balaban J connectivity index is 1.37. The number of benzene rings is 3. The Morgan fingerprint density at radius 1 is 0.971 bits per heavy atom. The highest BCUT2D eigenvalue weighted by Crippen LogP contribution is 2.29. The number of carbonyl (C=O) groups excluding carboxylic acids is 1. The maximum Gasteiger partial charge on any atom is 0.220 e. The van der Waals surface area contributed by atoms with Crippen molar-refractivity contribution in [1.29, 1.82) is 0 Å². The van der Waals surface area contributed by atoms with Crippen molar-refractivity contribution in [3.8, 4) is 22.8 Å². The van der Waals surface area contributed by atoms with Gasteiger partial charge < -0.3 is 10.1 Å². The summed E-state index contributed by atoms with van der Waals surface area (Å²) in [5, 5.41) is 12.8. The smallest absolute Gasteiger partial charge is 0.220 e. The molecule has 0 atom stereocenters. The summed E-state index contributed by atoms with van der Waals surface area (Å²) < 4.78 is 7.38. The first-order valence-electron chi connectivity index (χ1n) is 11.7. The summed E-state index contributed by atoms with van der Waals surface area (Å²) in [6, 6.07) is 26.3. The van der Waals surface area contributed by atoms with Crippen molar-refractivity contribution >= 4 is 17.7 Å². The molecule has 0 fully saturated rings. The monoisotopic (exact) mass is 486 g/mol. The highest BCUT2D eigenvalue weighted by molar-refractivity contribution is 7.99. The van der Waals surface area contributed by atoms with Gasteiger partial charge in [-0.3, -0.25) is 9.36 Å². The first-order valence-corrected chi connectivity index (χ1v) is 12.7. The maximum absolute atomic E-state index is 12.2. The molecular weight excluding hydrogens is 456 g/mol. The molecule has 6 nitrogen and oxygen atoms in total.